The Morgan fingerprint density at radius 2 is 1.06 bits per heavy atom. The molecule has 32 heavy (non-hydrogen) atoms. The standard InChI is InChI=1S/C23H21NPS2.ClHO4/c1-18-24-22(23(26-2)27-18)25(19-12-6-3-7-13-19,20-14-8-4-9-15-20)21-16-10-5-11-17-21;2-1(3,4)5/h3-17H,1-2H3;(H,2,3,4,5)/q+1;/p-1. The number of rotatable bonds is 5. The highest BCUT2D eigenvalue weighted by Crippen LogP contribution is 2.56. The Morgan fingerprint density at radius 3 is 1.38 bits per heavy atom. The van der Waals surface area contributed by atoms with Crippen LogP contribution in [0.1, 0.15) is 5.01 Å². The number of thioether (sulfide) groups is 1. The minimum atomic E-state index is -4.94. The van der Waals surface area contributed by atoms with Gasteiger partial charge in [0.2, 0.25) is 5.44 Å². The van der Waals surface area contributed by atoms with Crippen LogP contribution in [-0.4, -0.2) is 11.2 Å². The van der Waals surface area contributed by atoms with Gasteiger partial charge < -0.3 is 0 Å². The Balaban J connectivity index is 0.000000523. The molecular formula is C23H21ClNO4PS2. The summed E-state index contributed by atoms with van der Waals surface area (Å²) in [6.45, 7) is 2.11. The average Bonchev–Trinajstić information content (AvgIpc) is 3.16. The Morgan fingerprint density at radius 1 is 0.719 bits per heavy atom. The molecule has 0 aliphatic carbocycles. The smallest absolute Gasteiger partial charge is 0.222 e. The normalized spacial score (nSPS) is 11.6. The lowest BCUT2D eigenvalue weighted by Gasteiger charge is -2.26. The van der Waals surface area contributed by atoms with Gasteiger partial charge in [-0.15, -0.1) is 33.3 Å². The molecule has 4 aromatic rings. The van der Waals surface area contributed by atoms with Crippen LogP contribution in [0.25, 0.3) is 0 Å². The summed E-state index contributed by atoms with van der Waals surface area (Å²) in [4.78, 5) is 5.13. The van der Waals surface area contributed by atoms with Gasteiger partial charge in [-0.25, -0.2) is 23.6 Å². The van der Waals surface area contributed by atoms with E-state index in [1.807, 2.05) is 11.8 Å². The van der Waals surface area contributed by atoms with Crippen molar-refractivity contribution >= 4 is 51.7 Å². The summed E-state index contributed by atoms with van der Waals surface area (Å²) in [6, 6.07) is 32.8. The van der Waals surface area contributed by atoms with Crippen molar-refractivity contribution in [1.82, 2.24) is 4.98 Å². The summed E-state index contributed by atoms with van der Waals surface area (Å²) in [6.07, 6.45) is 2.16. The summed E-state index contributed by atoms with van der Waals surface area (Å²) in [7, 11) is -7.00. The van der Waals surface area contributed by atoms with Crippen molar-refractivity contribution in [2.75, 3.05) is 6.26 Å². The van der Waals surface area contributed by atoms with Crippen LogP contribution in [0.15, 0.2) is 95.2 Å². The molecule has 1 aromatic heterocycles. The van der Waals surface area contributed by atoms with Crippen molar-refractivity contribution < 1.29 is 28.9 Å². The summed E-state index contributed by atoms with van der Waals surface area (Å²) in [5.74, 6) is 0. The van der Waals surface area contributed by atoms with E-state index in [1.54, 1.807) is 11.3 Å². The fraction of sp³-hybridized carbons (Fsp3) is 0.0870. The summed E-state index contributed by atoms with van der Waals surface area (Å²) in [5.41, 5.74) is 1.24. The first-order valence-electron chi connectivity index (χ1n) is 9.46. The lowest BCUT2D eigenvalue weighted by atomic mass is 10.4. The van der Waals surface area contributed by atoms with E-state index in [9.17, 15) is 0 Å². The van der Waals surface area contributed by atoms with E-state index in [0.29, 0.717) is 0 Å². The summed E-state index contributed by atoms with van der Waals surface area (Å²) < 4.78 is 35.3. The predicted octanol–water partition coefficient (Wildman–Crippen LogP) is 0.0368. The molecule has 0 spiro atoms. The van der Waals surface area contributed by atoms with E-state index >= 15 is 0 Å². The van der Waals surface area contributed by atoms with Gasteiger partial charge in [0.1, 0.15) is 20.1 Å². The molecule has 0 unspecified atom stereocenters. The molecule has 0 saturated carbocycles. The van der Waals surface area contributed by atoms with Crippen LogP contribution >= 0.6 is 30.4 Å². The zero-order valence-corrected chi connectivity index (χ0v) is 20.7. The molecule has 3 aromatic carbocycles. The Hall–Kier alpha value is -1.80. The summed E-state index contributed by atoms with van der Waals surface area (Å²) in [5, 5.41) is 5.18. The third-order valence-corrected chi connectivity index (χ3v) is 11.2. The molecule has 9 heteroatoms. The Kier molecular flexibility index (Phi) is 8.44. The molecule has 0 aliphatic heterocycles. The van der Waals surface area contributed by atoms with E-state index < -0.39 is 17.5 Å². The van der Waals surface area contributed by atoms with E-state index in [-0.39, 0.29) is 0 Å². The predicted molar refractivity (Wildman–Crippen MR) is 123 cm³/mol. The van der Waals surface area contributed by atoms with E-state index in [4.69, 9.17) is 23.6 Å². The van der Waals surface area contributed by atoms with Gasteiger partial charge in [-0.05, 0) is 49.6 Å². The molecule has 1 heterocycles. The fourth-order valence-electron chi connectivity index (χ4n) is 3.51. The van der Waals surface area contributed by atoms with E-state index in [0.717, 1.165) is 5.01 Å². The molecule has 0 N–H and O–H groups in total. The van der Waals surface area contributed by atoms with Gasteiger partial charge in [-0.2, -0.15) is 0 Å². The number of aryl methyl sites for hydroxylation is 1. The van der Waals surface area contributed by atoms with Gasteiger partial charge in [-0.1, -0.05) is 54.6 Å². The molecule has 166 valence electrons. The van der Waals surface area contributed by atoms with Gasteiger partial charge in [-0.3, -0.25) is 0 Å². The maximum atomic E-state index is 8.49. The van der Waals surface area contributed by atoms with Crippen molar-refractivity contribution in [2.24, 2.45) is 0 Å². The molecule has 0 bridgehead atoms. The van der Waals surface area contributed by atoms with Crippen molar-refractivity contribution in [1.29, 1.82) is 0 Å². The number of nitrogens with zero attached hydrogens (tertiary/aromatic N) is 1. The van der Waals surface area contributed by atoms with Crippen LogP contribution in [0.3, 0.4) is 0 Å². The van der Waals surface area contributed by atoms with Crippen LogP contribution in [-0.2, 0) is 0 Å². The van der Waals surface area contributed by atoms with Crippen LogP contribution in [0.4, 0.5) is 0 Å². The maximum absolute atomic E-state index is 8.49. The SMILES string of the molecule is CSc1sc(C)nc1[P+](c1ccccc1)(c1ccccc1)c1ccccc1.[O-][Cl+3]([O-])([O-])[O-]. The minimum absolute atomic E-state index is 1.13. The molecule has 0 aliphatic rings. The lowest BCUT2D eigenvalue weighted by molar-refractivity contribution is -2.00. The van der Waals surface area contributed by atoms with Crippen LogP contribution in [0.5, 0.6) is 0 Å². The van der Waals surface area contributed by atoms with Crippen molar-refractivity contribution in [2.45, 2.75) is 11.1 Å². The van der Waals surface area contributed by atoms with Crippen LogP contribution in [0.2, 0.25) is 0 Å². The molecule has 0 fully saturated rings. The molecule has 0 amide bonds. The zero-order valence-electron chi connectivity index (χ0n) is 17.4. The average molecular weight is 506 g/mol. The zero-order chi connectivity index (χ0) is 23.2. The van der Waals surface area contributed by atoms with Crippen molar-refractivity contribution in [3.8, 4) is 0 Å². The molecule has 0 saturated heterocycles. The topological polar surface area (TPSA) is 105 Å². The van der Waals surface area contributed by atoms with Crippen LogP contribution in [0, 0.1) is 17.2 Å². The third kappa shape index (κ3) is 5.76. The van der Waals surface area contributed by atoms with Crippen molar-refractivity contribution in [3.63, 3.8) is 0 Å². The van der Waals surface area contributed by atoms with Gasteiger partial charge in [0.05, 0.1) is 5.01 Å². The molecule has 0 atom stereocenters. The van der Waals surface area contributed by atoms with Crippen molar-refractivity contribution in [3.05, 3.63) is 96.0 Å². The number of benzene rings is 3. The monoisotopic (exact) mass is 505 g/mol. The molecule has 0 radical (unpaired) electrons. The minimum Gasteiger partial charge on any atom is -0.222 e. The number of thiazole rings is 1. The van der Waals surface area contributed by atoms with Gasteiger partial charge in [0.25, 0.3) is 0 Å². The first-order chi connectivity index (χ1) is 15.3. The lowest BCUT2D eigenvalue weighted by Crippen LogP contribution is -2.68. The number of hydrogen-bond acceptors (Lipinski definition) is 7. The second kappa shape index (κ2) is 10.9. The highest BCUT2D eigenvalue weighted by Gasteiger charge is 2.51. The van der Waals surface area contributed by atoms with Gasteiger partial charge >= 0.3 is 0 Å². The van der Waals surface area contributed by atoms with E-state index in [1.165, 1.54) is 25.6 Å². The first-order valence-corrected chi connectivity index (χ1v) is 14.5. The highest BCUT2D eigenvalue weighted by atomic mass is 35.7. The largest absolute Gasteiger partial charge is 0.223 e. The number of hydrogen-bond donors (Lipinski definition) is 0. The van der Waals surface area contributed by atoms with Crippen LogP contribution < -0.4 is 40.0 Å². The number of aromatic nitrogens is 1. The second-order valence-electron chi connectivity index (χ2n) is 6.60. The Labute approximate surface area is 198 Å². The van der Waals surface area contributed by atoms with Gasteiger partial charge in [0.15, 0.2) is 7.26 Å². The Bertz CT molecular complexity index is 1020. The quantitative estimate of drug-likeness (QED) is 0.280. The second-order valence-corrected chi connectivity index (χ2v) is 13.0. The maximum Gasteiger partial charge on any atom is 0.223 e. The molecule has 5 nitrogen and oxygen atoms in total. The van der Waals surface area contributed by atoms with E-state index in [2.05, 4.69) is 104 Å². The third-order valence-electron chi connectivity index (χ3n) is 4.62. The summed E-state index contributed by atoms with van der Waals surface area (Å²) >= 11 is 3.62. The van der Waals surface area contributed by atoms with Gasteiger partial charge in [0, 0.05) is 0 Å². The number of halogens is 1. The molecular weight excluding hydrogens is 485 g/mol. The highest BCUT2D eigenvalue weighted by molar-refractivity contribution is 8.05. The molecule has 4 rings (SSSR count). The fourth-order valence-corrected chi connectivity index (χ4v) is 10.3. The first kappa shape index (κ1) is 24.8.